The standard InChI is InChI=1S/C29H43N3O10/c1-21(2)12-22-8-10-23(11-9-22)13-24(32(18-28(36)41-6)19-29(37)42-7)14-30(15-25(33)38-3)20-31(16-26(34)39-4)17-27(35)40-5/h8-11,24H,1,12-20H2,2-7H3. The van der Waals surface area contributed by atoms with Crippen LogP contribution in [0.3, 0.4) is 0 Å². The monoisotopic (exact) mass is 593 g/mol. The Morgan fingerprint density at radius 3 is 1.43 bits per heavy atom. The van der Waals surface area contributed by atoms with Gasteiger partial charge in [0.25, 0.3) is 0 Å². The van der Waals surface area contributed by atoms with Crippen molar-refractivity contribution >= 4 is 29.8 Å². The summed E-state index contributed by atoms with van der Waals surface area (Å²) in [6.45, 7) is 4.78. The predicted octanol–water partition coefficient (Wildman–Crippen LogP) is 0.445. The number of carbonyl (C=O) groups excluding carboxylic acids is 5. The van der Waals surface area contributed by atoms with E-state index >= 15 is 0 Å². The number of methoxy groups -OCH3 is 5. The summed E-state index contributed by atoms with van der Waals surface area (Å²) in [4.78, 5) is 66.0. The zero-order chi connectivity index (χ0) is 31.7. The highest BCUT2D eigenvalue weighted by Crippen LogP contribution is 2.15. The lowest BCUT2D eigenvalue weighted by Crippen LogP contribution is -2.53. The third-order valence-electron chi connectivity index (χ3n) is 6.25. The molecule has 1 rings (SSSR count). The Hall–Kier alpha value is -3.81. The summed E-state index contributed by atoms with van der Waals surface area (Å²) in [6, 6.07) is 7.33. The second kappa shape index (κ2) is 19.3. The van der Waals surface area contributed by atoms with E-state index in [0.717, 1.165) is 23.1 Å². The first-order chi connectivity index (χ1) is 19.9. The molecular formula is C29H43N3O10. The van der Waals surface area contributed by atoms with Crippen LogP contribution in [0.4, 0.5) is 0 Å². The quantitative estimate of drug-likeness (QED) is 0.0949. The minimum Gasteiger partial charge on any atom is -0.468 e. The molecule has 13 nitrogen and oxygen atoms in total. The minimum atomic E-state index is -0.596. The average molecular weight is 594 g/mol. The lowest BCUT2D eigenvalue weighted by Gasteiger charge is -2.36. The highest BCUT2D eigenvalue weighted by molar-refractivity contribution is 5.75. The van der Waals surface area contributed by atoms with Gasteiger partial charge in [-0.05, 0) is 30.9 Å². The summed E-state index contributed by atoms with van der Waals surface area (Å²) in [6.07, 6.45) is 1.09. The van der Waals surface area contributed by atoms with Crippen LogP contribution in [0.15, 0.2) is 36.4 Å². The van der Waals surface area contributed by atoms with E-state index in [4.69, 9.17) is 23.7 Å². The first kappa shape index (κ1) is 36.2. The summed E-state index contributed by atoms with van der Waals surface area (Å²) in [5.41, 5.74) is 3.01. The Labute approximate surface area is 247 Å². The van der Waals surface area contributed by atoms with E-state index in [2.05, 4.69) is 6.58 Å². The zero-order valence-electron chi connectivity index (χ0n) is 25.4. The largest absolute Gasteiger partial charge is 0.468 e. The van der Waals surface area contributed by atoms with Crippen molar-refractivity contribution in [2.75, 3.05) is 81.5 Å². The van der Waals surface area contributed by atoms with Crippen LogP contribution in [-0.4, -0.2) is 132 Å². The fourth-order valence-electron chi connectivity index (χ4n) is 4.15. The van der Waals surface area contributed by atoms with Crippen molar-refractivity contribution in [3.05, 3.63) is 47.5 Å². The van der Waals surface area contributed by atoms with E-state index in [1.54, 1.807) is 9.80 Å². The van der Waals surface area contributed by atoms with Crippen LogP contribution in [-0.2, 0) is 60.5 Å². The van der Waals surface area contributed by atoms with Gasteiger partial charge >= 0.3 is 29.8 Å². The smallest absolute Gasteiger partial charge is 0.319 e. The minimum absolute atomic E-state index is 0.0440. The van der Waals surface area contributed by atoms with Gasteiger partial charge in [-0.25, -0.2) is 0 Å². The second-order valence-electron chi connectivity index (χ2n) is 9.73. The van der Waals surface area contributed by atoms with Crippen molar-refractivity contribution in [1.29, 1.82) is 0 Å². The van der Waals surface area contributed by atoms with Gasteiger partial charge in [-0.2, -0.15) is 0 Å². The molecule has 0 spiro atoms. The van der Waals surface area contributed by atoms with Gasteiger partial charge < -0.3 is 23.7 Å². The van der Waals surface area contributed by atoms with E-state index in [1.165, 1.54) is 40.4 Å². The molecule has 0 fully saturated rings. The molecule has 0 aliphatic rings. The van der Waals surface area contributed by atoms with Crippen molar-refractivity contribution in [1.82, 2.24) is 14.7 Å². The van der Waals surface area contributed by atoms with E-state index < -0.39 is 35.9 Å². The molecule has 42 heavy (non-hydrogen) atoms. The SMILES string of the molecule is C=C(C)Cc1ccc(CC(CN(CC(=O)OC)CN(CC(=O)OC)CC(=O)OC)N(CC(=O)OC)CC(=O)OC)cc1. The van der Waals surface area contributed by atoms with Gasteiger partial charge in [0.1, 0.15) is 0 Å². The molecule has 0 aromatic heterocycles. The molecule has 0 radical (unpaired) electrons. The van der Waals surface area contributed by atoms with Crippen LogP contribution < -0.4 is 0 Å². The maximum absolute atomic E-state index is 12.4. The predicted molar refractivity (Wildman–Crippen MR) is 152 cm³/mol. The number of esters is 5. The van der Waals surface area contributed by atoms with Crippen LogP contribution in [0.25, 0.3) is 0 Å². The lowest BCUT2D eigenvalue weighted by atomic mass is 10.00. The number of ether oxygens (including phenoxy) is 5. The summed E-state index contributed by atoms with van der Waals surface area (Å²) in [5.74, 6) is -2.90. The number of carbonyl (C=O) groups is 5. The summed E-state index contributed by atoms with van der Waals surface area (Å²) in [7, 11) is 6.18. The first-order valence-electron chi connectivity index (χ1n) is 13.2. The molecule has 0 N–H and O–H groups in total. The fraction of sp³-hybridized carbons (Fsp3) is 0.552. The van der Waals surface area contributed by atoms with Crippen LogP contribution in [0, 0.1) is 0 Å². The van der Waals surface area contributed by atoms with E-state index in [-0.39, 0.29) is 45.9 Å². The number of benzene rings is 1. The molecule has 0 amide bonds. The lowest BCUT2D eigenvalue weighted by molar-refractivity contribution is -0.150. The fourth-order valence-corrected chi connectivity index (χ4v) is 4.15. The van der Waals surface area contributed by atoms with Gasteiger partial charge in [-0.15, -0.1) is 0 Å². The maximum Gasteiger partial charge on any atom is 0.319 e. The Morgan fingerprint density at radius 2 is 1.02 bits per heavy atom. The van der Waals surface area contributed by atoms with Gasteiger partial charge in [0, 0.05) is 12.6 Å². The van der Waals surface area contributed by atoms with Crippen molar-refractivity contribution in [3.8, 4) is 0 Å². The van der Waals surface area contributed by atoms with Crippen LogP contribution in [0.2, 0.25) is 0 Å². The first-order valence-corrected chi connectivity index (χ1v) is 13.2. The molecule has 1 unspecified atom stereocenters. The molecule has 0 heterocycles. The van der Waals surface area contributed by atoms with E-state index in [9.17, 15) is 24.0 Å². The van der Waals surface area contributed by atoms with Crippen LogP contribution in [0.1, 0.15) is 18.1 Å². The highest BCUT2D eigenvalue weighted by Gasteiger charge is 2.29. The number of nitrogens with zero attached hydrogens (tertiary/aromatic N) is 3. The maximum atomic E-state index is 12.4. The third-order valence-corrected chi connectivity index (χ3v) is 6.25. The van der Waals surface area contributed by atoms with Crippen molar-refractivity contribution in [2.24, 2.45) is 0 Å². The molecule has 1 aromatic rings. The molecule has 1 atom stereocenters. The summed E-state index contributed by atoms with van der Waals surface area (Å²) >= 11 is 0. The number of rotatable bonds is 19. The van der Waals surface area contributed by atoms with Gasteiger partial charge in [-0.3, -0.25) is 38.7 Å². The Bertz CT molecular complexity index is 1020. The Kier molecular flexibility index (Phi) is 16.7. The van der Waals surface area contributed by atoms with Gasteiger partial charge in [0.2, 0.25) is 0 Å². The Morgan fingerprint density at radius 1 is 0.643 bits per heavy atom. The molecular weight excluding hydrogens is 550 g/mol. The molecule has 0 saturated carbocycles. The van der Waals surface area contributed by atoms with Crippen molar-refractivity contribution < 1.29 is 47.7 Å². The van der Waals surface area contributed by atoms with Gasteiger partial charge in [0.15, 0.2) is 0 Å². The van der Waals surface area contributed by atoms with Crippen molar-refractivity contribution in [3.63, 3.8) is 0 Å². The summed E-state index contributed by atoms with van der Waals surface area (Å²) < 4.78 is 24.2. The van der Waals surface area contributed by atoms with Gasteiger partial charge in [-0.1, -0.05) is 36.4 Å². The second-order valence-corrected chi connectivity index (χ2v) is 9.73. The number of allylic oxidation sites excluding steroid dienone is 1. The number of hydrogen-bond acceptors (Lipinski definition) is 13. The Balaban J connectivity index is 3.47. The third kappa shape index (κ3) is 14.2. The van der Waals surface area contributed by atoms with Gasteiger partial charge in [0.05, 0.1) is 74.9 Å². The molecule has 0 bridgehead atoms. The molecule has 0 saturated heterocycles. The summed E-state index contributed by atoms with van der Waals surface area (Å²) in [5, 5.41) is 0. The van der Waals surface area contributed by atoms with Crippen LogP contribution in [0.5, 0.6) is 0 Å². The molecule has 234 valence electrons. The molecule has 0 aliphatic heterocycles. The normalized spacial score (nSPS) is 11.6. The molecule has 0 aliphatic carbocycles. The molecule has 13 heteroatoms. The number of hydrogen-bond donors (Lipinski definition) is 0. The van der Waals surface area contributed by atoms with Crippen LogP contribution >= 0.6 is 0 Å². The van der Waals surface area contributed by atoms with Crippen molar-refractivity contribution in [2.45, 2.75) is 25.8 Å². The van der Waals surface area contributed by atoms with E-state index in [1.807, 2.05) is 31.2 Å². The molecule has 1 aromatic carbocycles. The topological polar surface area (TPSA) is 141 Å². The average Bonchev–Trinajstić information content (AvgIpc) is 2.96. The highest BCUT2D eigenvalue weighted by atomic mass is 16.5. The van der Waals surface area contributed by atoms with E-state index in [0.29, 0.717) is 6.42 Å². The zero-order valence-corrected chi connectivity index (χ0v) is 25.4.